The van der Waals surface area contributed by atoms with Gasteiger partial charge in [0.15, 0.2) is 0 Å². The minimum atomic E-state index is -0.131. The number of carbonyl (C=O) groups excluding carboxylic acids is 1. The van der Waals surface area contributed by atoms with Crippen LogP contribution in [0.1, 0.15) is 6.92 Å². The number of pyridine rings is 2. The zero-order chi connectivity index (χ0) is 19.3. The third-order valence-electron chi connectivity index (χ3n) is 4.87. The molecule has 8 nitrogen and oxygen atoms in total. The molecule has 0 unspecified atom stereocenters. The third kappa shape index (κ3) is 4.40. The molecule has 2 aliphatic heterocycles. The zero-order valence-corrected chi connectivity index (χ0v) is 16.1. The second-order valence-corrected chi connectivity index (χ2v) is 6.88. The Labute approximate surface area is 164 Å². The third-order valence-corrected chi connectivity index (χ3v) is 4.87. The minimum Gasteiger partial charge on any atom is -0.378 e. The fourth-order valence-corrected chi connectivity index (χ4v) is 3.40. The van der Waals surface area contributed by atoms with Crippen molar-refractivity contribution in [2.45, 2.75) is 6.92 Å². The van der Waals surface area contributed by atoms with Gasteiger partial charge in [0.25, 0.3) is 0 Å². The summed E-state index contributed by atoms with van der Waals surface area (Å²) in [6.45, 7) is 7.66. The Kier molecular flexibility index (Phi) is 5.68. The van der Waals surface area contributed by atoms with Crippen LogP contribution in [0, 0.1) is 0 Å². The summed E-state index contributed by atoms with van der Waals surface area (Å²) in [5.41, 5.74) is 2.04. The van der Waals surface area contributed by atoms with Crippen LogP contribution in [0.5, 0.6) is 0 Å². The lowest BCUT2D eigenvalue weighted by Gasteiger charge is -2.32. The van der Waals surface area contributed by atoms with E-state index in [1.807, 2.05) is 12.1 Å². The molecular formula is C20H25N5O3. The van der Waals surface area contributed by atoms with Gasteiger partial charge in [0.05, 0.1) is 26.4 Å². The topological polar surface area (TPSA) is 79.8 Å². The molecule has 4 rings (SSSR count). The molecule has 2 fully saturated rings. The highest BCUT2D eigenvalue weighted by Gasteiger charge is 2.19. The average Bonchev–Trinajstić information content (AvgIpc) is 2.75. The number of anilines is 3. The molecule has 2 aromatic heterocycles. The predicted octanol–water partition coefficient (Wildman–Crippen LogP) is 1.78. The molecule has 2 aliphatic rings. The van der Waals surface area contributed by atoms with Gasteiger partial charge in [0, 0.05) is 44.9 Å². The SMILES string of the molecule is CC(=O)Nc1ccc(-c2cc(N3CCOCC3)nc(N3CCOCC3)c2)cn1. The summed E-state index contributed by atoms with van der Waals surface area (Å²) < 4.78 is 11.0. The van der Waals surface area contributed by atoms with E-state index in [2.05, 4.69) is 32.2 Å². The van der Waals surface area contributed by atoms with Crippen molar-refractivity contribution in [1.29, 1.82) is 0 Å². The molecule has 0 bridgehead atoms. The van der Waals surface area contributed by atoms with E-state index in [-0.39, 0.29) is 5.91 Å². The monoisotopic (exact) mass is 383 g/mol. The Morgan fingerprint density at radius 2 is 1.50 bits per heavy atom. The van der Waals surface area contributed by atoms with E-state index in [0.717, 1.165) is 48.9 Å². The summed E-state index contributed by atoms with van der Waals surface area (Å²) in [4.78, 5) is 25.0. The van der Waals surface area contributed by atoms with E-state index in [4.69, 9.17) is 14.5 Å². The number of morpholine rings is 2. The standard InChI is InChI=1S/C20H25N5O3/c1-15(26)22-18-3-2-16(14-21-18)17-12-19(24-4-8-27-9-5-24)23-20(13-17)25-6-10-28-11-7-25/h2-3,12-14H,4-11H2,1H3,(H,21,22,26). The van der Waals surface area contributed by atoms with Gasteiger partial charge >= 0.3 is 0 Å². The van der Waals surface area contributed by atoms with Gasteiger partial charge in [-0.25, -0.2) is 9.97 Å². The first-order chi connectivity index (χ1) is 13.7. The molecule has 0 aliphatic carbocycles. The van der Waals surface area contributed by atoms with Gasteiger partial charge in [-0.2, -0.15) is 0 Å². The van der Waals surface area contributed by atoms with Crippen molar-refractivity contribution >= 4 is 23.4 Å². The predicted molar refractivity (Wildman–Crippen MR) is 108 cm³/mol. The fourth-order valence-electron chi connectivity index (χ4n) is 3.40. The highest BCUT2D eigenvalue weighted by Crippen LogP contribution is 2.29. The average molecular weight is 383 g/mol. The maximum atomic E-state index is 11.2. The molecule has 4 heterocycles. The van der Waals surface area contributed by atoms with Crippen molar-refractivity contribution in [3.63, 3.8) is 0 Å². The van der Waals surface area contributed by atoms with Crippen LogP contribution >= 0.6 is 0 Å². The number of hydrogen-bond acceptors (Lipinski definition) is 7. The Morgan fingerprint density at radius 3 is 1.96 bits per heavy atom. The largest absolute Gasteiger partial charge is 0.378 e. The van der Waals surface area contributed by atoms with E-state index in [1.165, 1.54) is 6.92 Å². The summed E-state index contributed by atoms with van der Waals surface area (Å²) in [6.07, 6.45) is 1.78. The molecule has 1 N–H and O–H groups in total. The molecular weight excluding hydrogens is 358 g/mol. The molecule has 8 heteroatoms. The quantitative estimate of drug-likeness (QED) is 0.862. The molecule has 148 valence electrons. The molecule has 0 spiro atoms. The van der Waals surface area contributed by atoms with Gasteiger partial charge < -0.3 is 24.6 Å². The van der Waals surface area contributed by atoms with Crippen LogP contribution in [0.3, 0.4) is 0 Å². The summed E-state index contributed by atoms with van der Waals surface area (Å²) in [7, 11) is 0. The van der Waals surface area contributed by atoms with Crippen molar-refractivity contribution in [1.82, 2.24) is 9.97 Å². The molecule has 0 atom stereocenters. The summed E-state index contributed by atoms with van der Waals surface area (Å²) in [6, 6.07) is 7.99. The van der Waals surface area contributed by atoms with E-state index in [0.29, 0.717) is 32.2 Å². The van der Waals surface area contributed by atoms with Gasteiger partial charge in [-0.3, -0.25) is 4.79 Å². The van der Waals surface area contributed by atoms with Crippen molar-refractivity contribution in [2.24, 2.45) is 0 Å². The van der Waals surface area contributed by atoms with Crippen LogP contribution in [-0.2, 0) is 14.3 Å². The molecule has 2 saturated heterocycles. The second-order valence-electron chi connectivity index (χ2n) is 6.88. The van der Waals surface area contributed by atoms with Crippen LogP contribution in [-0.4, -0.2) is 68.5 Å². The number of aromatic nitrogens is 2. The molecule has 0 saturated carbocycles. The van der Waals surface area contributed by atoms with Crippen molar-refractivity contribution < 1.29 is 14.3 Å². The lowest BCUT2D eigenvalue weighted by atomic mass is 10.1. The highest BCUT2D eigenvalue weighted by molar-refractivity contribution is 5.87. The van der Waals surface area contributed by atoms with Crippen molar-refractivity contribution in [2.75, 3.05) is 67.7 Å². The first-order valence-electron chi connectivity index (χ1n) is 9.60. The van der Waals surface area contributed by atoms with E-state index < -0.39 is 0 Å². The Hall–Kier alpha value is -2.71. The van der Waals surface area contributed by atoms with Crippen LogP contribution in [0.2, 0.25) is 0 Å². The number of ether oxygens (including phenoxy) is 2. The van der Waals surface area contributed by atoms with Crippen LogP contribution in [0.4, 0.5) is 17.5 Å². The molecule has 0 radical (unpaired) electrons. The van der Waals surface area contributed by atoms with Crippen LogP contribution in [0.25, 0.3) is 11.1 Å². The highest BCUT2D eigenvalue weighted by atomic mass is 16.5. The molecule has 28 heavy (non-hydrogen) atoms. The fraction of sp³-hybridized carbons (Fsp3) is 0.450. The number of nitrogens with one attached hydrogen (secondary N) is 1. The van der Waals surface area contributed by atoms with Crippen LogP contribution < -0.4 is 15.1 Å². The first kappa shape index (κ1) is 18.6. The number of carbonyl (C=O) groups is 1. The smallest absolute Gasteiger partial charge is 0.222 e. The van der Waals surface area contributed by atoms with Crippen LogP contribution in [0.15, 0.2) is 30.5 Å². The molecule has 0 aromatic carbocycles. The Bertz CT molecular complexity index is 779. The summed E-state index contributed by atoms with van der Waals surface area (Å²) >= 11 is 0. The van der Waals surface area contributed by atoms with Crippen molar-refractivity contribution in [3.05, 3.63) is 30.5 Å². The summed E-state index contributed by atoms with van der Waals surface area (Å²) in [5, 5.41) is 2.70. The Morgan fingerprint density at radius 1 is 0.929 bits per heavy atom. The summed E-state index contributed by atoms with van der Waals surface area (Å²) in [5.74, 6) is 2.32. The first-order valence-corrected chi connectivity index (χ1v) is 9.60. The minimum absolute atomic E-state index is 0.131. The van der Waals surface area contributed by atoms with Gasteiger partial charge in [0.1, 0.15) is 17.5 Å². The van der Waals surface area contributed by atoms with Crippen molar-refractivity contribution in [3.8, 4) is 11.1 Å². The zero-order valence-electron chi connectivity index (χ0n) is 16.1. The number of hydrogen-bond donors (Lipinski definition) is 1. The van der Waals surface area contributed by atoms with E-state index in [9.17, 15) is 4.79 Å². The maximum Gasteiger partial charge on any atom is 0.222 e. The van der Waals surface area contributed by atoms with Gasteiger partial charge in [-0.1, -0.05) is 0 Å². The molecule has 1 amide bonds. The lowest BCUT2D eigenvalue weighted by Crippen LogP contribution is -2.39. The normalized spacial score (nSPS) is 17.5. The number of amides is 1. The second kappa shape index (κ2) is 8.53. The number of nitrogens with zero attached hydrogens (tertiary/aromatic N) is 4. The van der Waals surface area contributed by atoms with Gasteiger partial charge in [0.2, 0.25) is 5.91 Å². The number of rotatable bonds is 4. The van der Waals surface area contributed by atoms with Gasteiger partial charge in [-0.05, 0) is 29.8 Å². The van der Waals surface area contributed by atoms with E-state index in [1.54, 1.807) is 6.20 Å². The maximum absolute atomic E-state index is 11.2. The Balaban J connectivity index is 1.67. The van der Waals surface area contributed by atoms with E-state index >= 15 is 0 Å². The van der Waals surface area contributed by atoms with Gasteiger partial charge in [-0.15, -0.1) is 0 Å². The molecule has 2 aromatic rings. The lowest BCUT2D eigenvalue weighted by molar-refractivity contribution is -0.114.